The molecule has 6 nitrogen and oxygen atoms in total. The Balaban J connectivity index is 1.56. The number of hydrogen-bond donors (Lipinski definition) is 0. The van der Waals surface area contributed by atoms with Gasteiger partial charge in [0.15, 0.2) is 11.9 Å². The second kappa shape index (κ2) is 5.35. The van der Waals surface area contributed by atoms with E-state index in [1.165, 1.54) is 24.1 Å². The van der Waals surface area contributed by atoms with Crippen molar-refractivity contribution in [3.8, 4) is 0 Å². The quantitative estimate of drug-likeness (QED) is 0.868. The lowest BCUT2D eigenvalue weighted by Crippen LogP contribution is -2.43. The van der Waals surface area contributed by atoms with E-state index >= 15 is 0 Å². The van der Waals surface area contributed by atoms with E-state index in [1.807, 2.05) is 18.5 Å². The van der Waals surface area contributed by atoms with Crippen molar-refractivity contribution in [2.45, 2.75) is 44.8 Å². The minimum absolute atomic E-state index is 0.114. The fourth-order valence-corrected chi connectivity index (χ4v) is 2.99. The molecule has 0 N–H and O–H groups in total. The van der Waals surface area contributed by atoms with E-state index in [4.69, 9.17) is 9.26 Å². The Morgan fingerprint density at radius 2 is 2.14 bits per heavy atom. The number of pyridine rings is 1. The number of morpholine rings is 1. The van der Waals surface area contributed by atoms with E-state index in [0.717, 1.165) is 18.9 Å². The molecule has 0 amide bonds. The largest absolute Gasteiger partial charge is 0.365 e. The van der Waals surface area contributed by atoms with Crippen LogP contribution < -0.4 is 4.90 Å². The molecule has 2 aromatic heterocycles. The second-order valence-electron chi connectivity index (χ2n) is 6.27. The average Bonchev–Trinajstić information content (AvgIpc) is 3.24. The van der Waals surface area contributed by atoms with Crippen molar-refractivity contribution in [2.75, 3.05) is 18.0 Å². The molecule has 0 bridgehead atoms. The molecule has 2 aromatic rings. The third-order valence-corrected chi connectivity index (χ3v) is 4.27. The highest BCUT2D eigenvalue weighted by Crippen LogP contribution is 2.39. The summed E-state index contributed by atoms with van der Waals surface area (Å²) in [5, 5.41) is 4.10. The van der Waals surface area contributed by atoms with Gasteiger partial charge >= 0.3 is 0 Å². The zero-order valence-corrected chi connectivity index (χ0v) is 12.9. The van der Waals surface area contributed by atoms with Crippen molar-refractivity contribution in [3.63, 3.8) is 0 Å². The Labute approximate surface area is 129 Å². The van der Waals surface area contributed by atoms with Crippen molar-refractivity contribution in [1.82, 2.24) is 15.1 Å². The molecule has 4 rings (SSSR count). The predicted molar refractivity (Wildman–Crippen MR) is 80.7 cm³/mol. The Hall–Kier alpha value is -1.95. The molecule has 0 radical (unpaired) electrons. The first-order chi connectivity index (χ1) is 10.7. The van der Waals surface area contributed by atoms with Gasteiger partial charge in [0.05, 0.1) is 12.6 Å². The van der Waals surface area contributed by atoms with Crippen LogP contribution in [0.25, 0.3) is 0 Å². The summed E-state index contributed by atoms with van der Waals surface area (Å²) < 4.78 is 11.5. The number of nitrogens with zero attached hydrogens (tertiary/aromatic N) is 4. The van der Waals surface area contributed by atoms with Gasteiger partial charge in [-0.1, -0.05) is 5.16 Å². The maximum atomic E-state index is 6.02. The number of aryl methyl sites for hydroxylation is 1. The molecule has 0 aromatic carbocycles. The standard InChI is InChI=1S/C16H20N4O2/c1-10-7-17-6-5-13(10)20-8-11(2)21-14(9-20)16-18-15(19-22-16)12-3-4-12/h5-7,11-12,14H,3-4,8-9H2,1-2H3/t11-,14-/m1/s1. The maximum Gasteiger partial charge on any atom is 0.257 e. The Kier molecular flexibility index (Phi) is 3.33. The van der Waals surface area contributed by atoms with Crippen LogP contribution in [0.3, 0.4) is 0 Å². The zero-order valence-electron chi connectivity index (χ0n) is 12.9. The van der Waals surface area contributed by atoms with E-state index in [1.54, 1.807) is 0 Å². The summed E-state index contributed by atoms with van der Waals surface area (Å²) in [4.78, 5) is 11.0. The number of anilines is 1. The van der Waals surface area contributed by atoms with Gasteiger partial charge in [-0.15, -0.1) is 0 Å². The molecule has 1 saturated carbocycles. The SMILES string of the molecule is Cc1cnccc1N1C[C@@H](C)O[C@@H](c2nc(C3CC3)no2)C1. The van der Waals surface area contributed by atoms with E-state index in [2.05, 4.69) is 33.9 Å². The van der Waals surface area contributed by atoms with E-state index in [0.29, 0.717) is 11.8 Å². The first-order valence-corrected chi connectivity index (χ1v) is 7.85. The number of aromatic nitrogens is 3. The maximum absolute atomic E-state index is 6.02. The van der Waals surface area contributed by atoms with Gasteiger partial charge in [-0.05, 0) is 38.3 Å². The molecule has 2 fully saturated rings. The summed E-state index contributed by atoms with van der Waals surface area (Å²) in [6.07, 6.45) is 6.00. The van der Waals surface area contributed by atoms with Crippen LogP contribution >= 0.6 is 0 Å². The first kappa shape index (κ1) is 13.7. The molecule has 3 heterocycles. The lowest BCUT2D eigenvalue weighted by molar-refractivity contribution is -0.0331. The molecular formula is C16H20N4O2. The molecule has 0 spiro atoms. The minimum atomic E-state index is -0.170. The second-order valence-corrected chi connectivity index (χ2v) is 6.27. The van der Waals surface area contributed by atoms with Crippen molar-refractivity contribution in [2.24, 2.45) is 0 Å². The highest BCUT2D eigenvalue weighted by atomic mass is 16.5. The molecule has 1 saturated heterocycles. The highest BCUT2D eigenvalue weighted by Gasteiger charge is 2.34. The molecule has 1 aliphatic carbocycles. The van der Waals surface area contributed by atoms with Crippen LogP contribution in [0.4, 0.5) is 5.69 Å². The van der Waals surface area contributed by atoms with Crippen molar-refractivity contribution in [1.29, 1.82) is 0 Å². The predicted octanol–water partition coefficient (Wildman–Crippen LogP) is 2.62. The molecule has 116 valence electrons. The van der Waals surface area contributed by atoms with Crippen LogP contribution in [0.1, 0.15) is 49.1 Å². The van der Waals surface area contributed by atoms with Gasteiger partial charge in [0.25, 0.3) is 5.89 Å². The first-order valence-electron chi connectivity index (χ1n) is 7.85. The summed E-state index contributed by atoms with van der Waals surface area (Å²) in [5.74, 6) is 1.94. The molecule has 0 unspecified atom stereocenters. The Morgan fingerprint density at radius 1 is 1.27 bits per heavy atom. The topological polar surface area (TPSA) is 64.3 Å². The Morgan fingerprint density at radius 3 is 2.91 bits per heavy atom. The fourth-order valence-electron chi connectivity index (χ4n) is 2.99. The van der Waals surface area contributed by atoms with Crippen LogP contribution in [0.5, 0.6) is 0 Å². The molecular weight excluding hydrogens is 280 g/mol. The molecule has 22 heavy (non-hydrogen) atoms. The lowest BCUT2D eigenvalue weighted by atomic mass is 10.1. The van der Waals surface area contributed by atoms with Crippen molar-refractivity contribution in [3.05, 3.63) is 35.7 Å². The van der Waals surface area contributed by atoms with Crippen LogP contribution in [-0.4, -0.2) is 34.3 Å². The Bertz CT molecular complexity index is 668. The van der Waals surface area contributed by atoms with Crippen LogP contribution in [0.2, 0.25) is 0 Å². The molecule has 2 atom stereocenters. The molecule has 1 aliphatic heterocycles. The number of rotatable bonds is 3. The van der Waals surface area contributed by atoms with E-state index < -0.39 is 0 Å². The van der Waals surface area contributed by atoms with Crippen molar-refractivity contribution < 1.29 is 9.26 Å². The van der Waals surface area contributed by atoms with Gasteiger partial charge in [-0.3, -0.25) is 4.98 Å². The van der Waals surface area contributed by atoms with Gasteiger partial charge in [0.2, 0.25) is 0 Å². The summed E-state index contributed by atoms with van der Waals surface area (Å²) in [6.45, 7) is 5.73. The van der Waals surface area contributed by atoms with Gasteiger partial charge in [0, 0.05) is 30.5 Å². The average molecular weight is 300 g/mol. The van der Waals surface area contributed by atoms with Gasteiger partial charge in [-0.2, -0.15) is 4.98 Å². The van der Waals surface area contributed by atoms with Crippen LogP contribution in [0, 0.1) is 6.92 Å². The summed E-state index contributed by atoms with van der Waals surface area (Å²) >= 11 is 0. The normalized spacial score (nSPS) is 25.5. The van der Waals surface area contributed by atoms with Crippen LogP contribution in [0.15, 0.2) is 23.0 Å². The summed E-state index contributed by atoms with van der Waals surface area (Å²) in [7, 11) is 0. The van der Waals surface area contributed by atoms with Crippen LogP contribution in [-0.2, 0) is 4.74 Å². The van der Waals surface area contributed by atoms with Gasteiger partial charge in [-0.25, -0.2) is 0 Å². The number of hydrogen-bond acceptors (Lipinski definition) is 6. The summed E-state index contributed by atoms with van der Waals surface area (Å²) in [5.41, 5.74) is 2.36. The third kappa shape index (κ3) is 2.59. The van der Waals surface area contributed by atoms with Gasteiger partial charge < -0.3 is 14.2 Å². The smallest absolute Gasteiger partial charge is 0.257 e. The number of ether oxygens (including phenoxy) is 1. The van der Waals surface area contributed by atoms with Gasteiger partial charge in [0.1, 0.15) is 0 Å². The zero-order chi connectivity index (χ0) is 15.1. The molecule has 6 heteroatoms. The van der Waals surface area contributed by atoms with E-state index in [9.17, 15) is 0 Å². The van der Waals surface area contributed by atoms with E-state index in [-0.39, 0.29) is 12.2 Å². The highest BCUT2D eigenvalue weighted by molar-refractivity contribution is 5.52. The molecule has 2 aliphatic rings. The third-order valence-electron chi connectivity index (χ3n) is 4.27. The monoisotopic (exact) mass is 300 g/mol. The summed E-state index contributed by atoms with van der Waals surface area (Å²) in [6, 6.07) is 2.05. The fraction of sp³-hybridized carbons (Fsp3) is 0.562. The van der Waals surface area contributed by atoms with Crippen molar-refractivity contribution >= 4 is 5.69 Å². The minimum Gasteiger partial charge on any atom is -0.365 e. The lowest BCUT2D eigenvalue weighted by Gasteiger charge is -2.37.